The predicted octanol–water partition coefficient (Wildman–Crippen LogP) is 2.20. The molecule has 128 valence electrons. The number of hydrogen-bond acceptors (Lipinski definition) is 3. The fourth-order valence-corrected chi connectivity index (χ4v) is 4.60. The number of benzene rings is 1. The summed E-state index contributed by atoms with van der Waals surface area (Å²) in [6.45, 7) is 3.91. The molecule has 0 saturated carbocycles. The van der Waals surface area contributed by atoms with Crippen LogP contribution in [0.25, 0.3) is 0 Å². The standard InChI is InChI=1S/C16H23FN2O3S/c1-12-6-7-15(11-16(12)17)23(21,22)19-10-4-3-5-14(19)8-9-18-13(2)20/h6-7,11,14H,3-5,8-10H2,1-2H3,(H,18,20)/t14-/m0/s1. The number of halogens is 1. The maximum atomic E-state index is 13.7. The third kappa shape index (κ3) is 4.29. The highest BCUT2D eigenvalue weighted by Gasteiger charge is 2.33. The molecule has 0 radical (unpaired) electrons. The zero-order valence-electron chi connectivity index (χ0n) is 13.5. The van der Waals surface area contributed by atoms with Gasteiger partial charge in [-0.3, -0.25) is 4.79 Å². The Morgan fingerprint density at radius 1 is 1.39 bits per heavy atom. The summed E-state index contributed by atoms with van der Waals surface area (Å²) in [7, 11) is -3.72. The van der Waals surface area contributed by atoms with Crippen LogP contribution in [0.15, 0.2) is 23.1 Å². The van der Waals surface area contributed by atoms with E-state index in [9.17, 15) is 17.6 Å². The average molecular weight is 342 g/mol. The zero-order chi connectivity index (χ0) is 17.0. The molecule has 0 spiro atoms. The molecular weight excluding hydrogens is 319 g/mol. The van der Waals surface area contributed by atoms with Gasteiger partial charge < -0.3 is 5.32 Å². The van der Waals surface area contributed by atoms with Crippen LogP contribution in [0.5, 0.6) is 0 Å². The Hall–Kier alpha value is -1.47. The summed E-state index contributed by atoms with van der Waals surface area (Å²) in [5, 5.41) is 2.70. The molecule has 5 nitrogen and oxygen atoms in total. The van der Waals surface area contributed by atoms with Crippen LogP contribution in [-0.2, 0) is 14.8 Å². The van der Waals surface area contributed by atoms with Crippen molar-refractivity contribution >= 4 is 15.9 Å². The second-order valence-corrected chi connectivity index (χ2v) is 7.84. The van der Waals surface area contributed by atoms with E-state index in [1.165, 1.54) is 23.4 Å². The fourth-order valence-electron chi connectivity index (χ4n) is 2.86. The molecule has 0 aromatic heterocycles. The van der Waals surface area contributed by atoms with Crippen molar-refractivity contribution < 1.29 is 17.6 Å². The predicted molar refractivity (Wildman–Crippen MR) is 86.0 cm³/mol. The first-order valence-electron chi connectivity index (χ1n) is 7.85. The van der Waals surface area contributed by atoms with Crippen LogP contribution >= 0.6 is 0 Å². The number of hydrogen-bond donors (Lipinski definition) is 1. The number of rotatable bonds is 5. The highest BCUT2D eigenvalue weighted by atomic mass is 32.2. The van der Waals surface area contributed by atoms with E-state index >= 15 is 0 Å². The Balaban J connectivity index is 2.20. The van der Waals surface area contributed by atoms with E-state index in [1.807, 2.05) is 0 Å². The highest BCUT2D eigenvalue weighted by Crippen LogP contribution is 2.27. The van der Waals surface area contributed by atoms with Gasteiger partial charge in [0.2, 0.25) is 15.9 Å². The van der Waals surface area contributed by atoms with Gasteiger partial charge in [0.05, 0.1) is 4.90 Å². The van der Waals surface area contributed by atoms with Crippen LogP contribution in [-0.4, -0.2) is 37.8 Å². The molecule has 1 heterocycles. The summed E-state index contributed by atoms with van der Waals surface area (Å²) in [5.41, 5.74) is 0.421. The smallest absolute Gasteiger partial charge is 0.243 e. The number of sulfonamides is 1. The molecule has 1 aliphatic rings. The average Bonchev–Trinajstić information content (AvgIpc) is 2.50. The Labute approximate surface area is 136 Å². The van der Waals surface area contributed by atoms with Gasteiger partial charge in [0, 0.05) is 26.1 Å². The van der Waals surface area contributed by atoms with E-state index in [2.05, 4.69) is 5.32 Å². The molecule has 2 rings (SSSR count). The molecule has 1 N–H and O–H groups in total. The molecule has 1 aromatic rings. The van der Waals surface area contributed by atoms with E-state index in [0.717, 1.165) is 25.3 Å². The summed E-state index contributed by atoms with van der Waals surface area (Å²) in [6.07, 6.45) is 3.07. The lowest BCUT2D eigenvalue weighted by Crippen LogP contribution is -2.45. The van der Waals surface area contributed by atoms with Gasteiger partial charge in [-0.05, 0) is 43.9 Å². The van der Waals surface area contributed by atoms with Crippen LogP contribution < -0.4 is 5.32 Å². The van der Waals surface area contributed by atoms with Crippen molar-refractivity contribution in [2.24, 2.45) is 0 Å². The summed E-state index contributed by atoms with van der Waals surface area (Å²) >= 11 is 0. The van der Waals surface area contributed by atoms with Gasteiger partial charge in [-0.2, -0.15) is 4.31 Å². The zero-order valence-corrected chi connectivity index (χ0v) is 14.3. The summed E-state index contributed by atoms with van der Waals surface area (Å²) in [4.78, 5) is 11.0. The van der Waals surface area contributed by atoms with Crippen LogP contribution in [0, 0.1) is 12.7 Å². The van der Waals surface area contributed by atoms with E-state index in [-0.39, 0.29) is 16.8 Å². The van der Waals surface area contributed by atoms with E-state index in [1.54, 1.807) is 6.92 Å². The van der Waals surface area contributed by atoms with Crippen molar-refractivity contribution in [2.75, 3.05) is 13.1 Å². The second-order valence-electron chi connectivity index (χ2n) is 5.95. The van der Waals surface area contributed by atoms with Crippen LogP contribution in [0.3, 0.4) is 0 Å². The number of amides is 1. The molecule has 0 unspecified atom stereocenters. The molecule has 23 heavy (non-hydrogen) atoms. The van der Waals surface area contributed by atoms with Crippen molar-refractivity contribution in [2.45, 2.75) is 50.5 Å². The molecule has 1 fully saturated rings. The van der Waals surface area contributed by atoms with Crippen LogP contribution in [0.1, 0.15) is 38.2 Å². The summed E-state index contributed by atoms with van der Waals surface area (Å²) in [6, 6.07) is 3.86. The Bertz CT molecular complexity index is 676. The lowest BCUT2D eigenvalue weighted by atomic mass is 10.0. The minimum Gasteiger partial charge on any atom is -0.356 e. The lowest BCUT2D eigenvalue weighted by molar-refractivity contribution is -0.119. The SMILES string of the molecule is CC(=O)NCC[C@@H]1CCCCN1S(=O)(=O)c1ccc(C)c(F)c1. The Morgan fingerprint density at radius 2 is 2.13 bits per heavy atom. The maximum absolute atomic E-state index is 13.7. The van der Waals surface area contributed by atoms with E-state index in [4.69, 9.17) is 0 Å². The van der Waals surface area contributed by atoms with Gasteiger partial charge in [0.1, 0.15) is 5.82 Å². The van der Waals surface area contributed by atoms with Crippen LogP contribution in [0.2, 0.25) is 0 Å². The molecule has 1 atom stereocenters. The van der Waals surface area contributed by atoms with Crippen LogP contribution in [0.4, 0.5) is 4.39 Å². The first-order chi connectivity index (χ1) is 10.8. The van der Waals surface area contributed by atoms with Gasteiger partial charge in [-0.15, -0.1) is 0 Å². The monoisotopic (exact) mass is 342 g/mol. The maximum Gasteiger partial charge on any atom is 0.243 e. The van der Waals surface area contributed by atoms with Crippen molar-refractivity contribution in [3.63, 3.8) is 0 Å². The second kappa shape index (κ2) is 7.40. The third-order valence-corrected chi connectivity index (χ3v) is 6.12. The van der Waals surface area contributed by atoms with E-state index in [0.29, 0.717) is 25.1 Å². The quantitative estimate of drug-likeness (QED) is 0.892. The molecule has 0 aliphatic carbocycles. The summed E-state index contributed by atoms with van der Waals surface area (Å²) in [5.74, 6) is -0.645. The number of nitrogens with one attached hydrogen (secondary N) is 1. The first-order valence-corrected chi connectivity index (χ1v) is 9.29. The topological polar surface area (TPSA) is 66.5 Å². The molecule has 1 saturated heterocycles. The largest absolute Gasteiger partial charge is 0.356 e. The highest BCUT2D eigenvalue weighted by molar-refractivity contribution is 7.89. The van der Waals surface area contributed by atoms with Gasteiger partial charge in [0.25, 0.3) is 0 Å². The van der Waals surface area contributed by atoms with Gasteiger partial charge in [-0.25, -0.2) is 12.8 Å². The van der Waals surface area contributed by atoms with Gasteiger partial charge in [-0.1, -0.05) is 12.5 Å². The molecular formula is C16H23FN2O3S. The van der Waals surface area contributed by atoms with Crippen molar-refractivity contribution in [3.05, 3.63) is 29.6 Å². The number of carbonyl (C=O) groups excluding carboxylic acids is 1. The molecule has 7 heteroatoms. The molecule has 1 amide bonds. The number of nitrogens with zero attached hydrogens (tertiary/aromatic N) is 1. The first kappa shape index (κ1) is 17.9. The fraction of sp³-hybridized carbons (Fsp3) is 0.562. The minimum absolute atomic E-state index is 0.00738. The van der Waals surface area contributed by atoms with Crippen molar-refractivity contribution in [1.29, 1.82) is 0 Å². The minimum atomic E-state index is -3.72. The Kier molecular flexibility index (Phi) is 5.75. The molecule has 1 aliphatic heterocycles. The number of aryl methyl sites for hydroxylation is 1. The van der Waals surface area contributed by atoms with Crippen molar-refractivity contribution in [3.8, 4) is 0 Å². The molecule has 1 aromatic carbocycles. The van der Waals surface area contributed by atoms with E-state index < -0.39 is 15.8 Å². The summed E-state index contributed by atoms with van der Waals surface area (Å²) < 4.78 is 40.9. The Morgan fingerprint density at radius 3 is 2.78 bits per heavy atom. The van der Waals surface area contributed by atoms with Crippen molar-refractivity contribution in [1.82, 2.24) is 9.62 Å². The van der Waals surface area contributed by atoms with Gasteiger partial charge >= 0.3 is 0 Å². The van der Waals surface area contributed by atoms with Gasteiger partial charge in [0.15, 0.2) is 0 Å². The molecule has 0 bridgehead atoms. The normalized spacial score (nSPS) is 19.5. The number of carbonyl (C=O) groups is 1. The lowest BCUT2D eigenvalue weighted by Gasteiger charge is -2.34. The third-order valence-electron chi connectivity index (χ3n) is 4.17. The number of piperidine rings is 1.